The highest BCUT2D eigenvalue weighted by molar-refractivity contribution is 7.99. The number of aryl methyl sites for hydroxylation is 1. The Morgan fingerprint density at radius 3 is 2.88 bits per heavy atom. The van der Waals surface area contributed by atoms with Crippen molar-refractivity contribution in [3.63, 3.8) is 0 Å². The summed E-state index contributed by atoms with van der Waals surface area (Å²) in [6.45, 7) is 0. The van der Waals surface area contributed by atoms with Gasteiger partial charge in [-0.3, -0.25) is 0 Å². The maximum Gasteiger partial charge on any atom is 0.337 e. The number of rotatable bonds is 3. The summed E-state index contributed by atoms with van der Waals surface area (Å²) in [4.78, 5) is 11.5. The molecule has 88 valence electrons. The molecule has 2 aromatic rings. The zero-order chi connectivity index (χ0) is 12.4. The number of nitrogens with zero attached hydrogens (tertiary/aromatic N) is 4. The molecule has 0 bridgehead atoms. The molecule has 0 aliphatic heterocycles. The molecule has 0 fully saturated rings. The van der Waals surface area contributed by atoms with Gasteiger partial charge in [0.25, 0.3) is 0 Å². The fourth-order valence-corrected chi connectivity index (χ4v) is 2.03. The van der Waals surface area contributed by atoms with Gasteiger partial charge in [0.05, 0.1) is 11.3 Å². The van der Waals surface area contributed by atoms with Crippen molar-refractivity contribution >= 4 is 23.4 Å². The maximum absolute atomic E-state index is 10.9. The van der Waals surface area contributed by atoms with Crippen molar-refractivity contribution < 1.29 is 9.90 Å². The first-order valence-corrected chi connectivity index (χ1v) is 5.43. The molecule has 0 aliphatic carbocycles. The van der Waals surface area contributed by atoms with Crippen molar-refractivity contribution in [3.8, 4) is 0 Å². The van der Waals surface area contributed by atoms with E-state index in [9.17, 15) is 4.79 Å². The molecule has 0 amide bonds. The van der Waals surface area contributed by atoms with Gasteiger partial charge in [-0.1, -0.05) is 6.07 Å². The molecule has 1 aromatic carbocycles. The van der Waals surface area contributed by atoms with E-state index in [-0.39, 0.29) is 11.3 Å². The van der Waals surface area contributed by atoms with Gasteiger partial charge in [0.2, 0.25) is 5.16 Å². The number of benzene rings is 1. The molecule has 0 spiro atoms. The van der Waals surface area contributed by atoms with Crippen LogP contribution in [0.2, 0.25) is 0 Å². The Labute approximate surface area is 101 Å². The first kappa shape index (κ1) is 11.4. The third kappa shape index (κ3) is 2.21. The first-order valence-electron chi connectivity index (χ1n) is 4.61. The van der Waals surface area contributed by atoms with E-state index < -0.39 is 5.97 Å². The highest BCUT2D eigenvalue weighted by atomic mass is 32.2. The summed E-state index contributed by atoms with van der Waals surface area (Å²) in [6.07, 6.45) is 0. The second-order valence-corrected chi connectivity index (χ2v) is 4.22. The Hall–Kier alpha value is -2.09. The van der Waals surface area contributed by atoms with Crippen molar-refractivity contribution in [3.05, 3.63) is 23.8 Å². The lowest BCUT2D eigenvalue weighted by molar-refractivity contribution is 0.0698. The molecule has 1 heterocycles. The monoisotopic (exact) mass is 251 g/mol. The van der Waals surface area contributed by atoms with E-state index in [1.165, 1.54) is 22.5 Å². The Morgan fingerprint density at radius 2 is 2.29 bits per heavy atom. The lowest BCUT2D eigenvalue weighted by atomic mass is 10.2. The molecule has 0 aliphatic rings. The van der Waals surface area contributed by atoms with Gasteiger partial charge in [0.15, 0.2) is 0 Å². The topological polar surface area (TPSA) is 107 Å². The number of tetrazole rings is 1. The SMILES string of the molecule is Cn1nnnc1Sc1cccc(C(=O)O)c1N. The number of aromatic carboxylic acids is 1. The number of anilines is 1. The summed E-state index contributed by atoms with van der Waals surface area (Å²) in [5, 5.41) is 20.4. The number of hydrogen-bond donors (Lipinski definition) is 2. The first-order chi connectivity index (χ1) is 8.09. The second kappa shape index (κ2) is 4.42. The number of carbonyl (C=O) groups is 1. The third-order valence-corrected chi connectivity index (χ3v) is 3.18. The smallest absolute Gasteiger partial charge is 0.337 e. The van der Waals surface area contributed by atoms with Gasteiger partial charge in [-0.25, -0.2) is 9.48 Å². The normalized spacial score (nSPS) is 10.4. The van der Waals surface area contributed by atoms with E-state index in [0.717, 1.165) is 0 Å². The standard InChI is InChI=1S/C9H9N5O2S/c1-14-9(11-12-13-14)17-6-4-2-3-5(7(6)10)8(15)16/h2-4H,10H2,1H3,(H,15,16). The molecule has 0 saturated heterocycles. The van der Waals surface area contributed by atoms with Crippen LogP contribution in [0.25, 0.3) is 0 Å². The van der Waals surface area contributed by atoms with Crippen molar-refractivity contribution in [1.82, 2.24) is 20.2 Å². The number of para-hydroxylation sites is 1. The summed E-state index contributed by atoms with van der Waals surface area (Å²) in [6, 6.07) is 4.81. The van der Waals surface area contributed by atoms with Crippen LogP contribution in [0.3, 0.4) is 0 Å². The molecule has 0 unspecified atom stereocenters. The number of aromatic nitrogens is 4. The Bertz CT molecular complexity index is 568. The molecule has 0 atom stereocenters. The van der Waals surface area contributed by atoms with Crippen LogP contribution in [0.1, 0.15) is 10.4 Å². The lowest BCUT2D eigenvalue weighted by Gasteiger charge is -2.06. The van der Waals surface area contributed by atoms with Crippen LogP contribution in [0.5, 0.6) is 0 Å². The lowest BCUT2D eigenvalue weighted by Crippen LogP contribution is -2.03. The number of nitrogen functional groups attached to an aromatic ring is 1. The molecule has 7 nitrogen and oxygen atoms in total. The van der Waals surface area contributed by atoms with Gasteiger partial charge in [-0.2, -0.15) is 0 Å². The molecular formula is C9H9N5O2S. The minimum atomic E-state index is -1.05. The largest absolute Gasteiger partial charge is 0.478 e. The predicted molar refractivity (Wildman–Crippen MR) is 60.7 cm³/mol. The van der Waals surface area contributed by atoms with Crippen LogP contribution in [0, 0.1) is 0 Å². The van der Waals surface area contributed by atoms with Crippen LogP contribution in [-0.4, -0.2) is 31.3 Å². The van der Waals surface area contributed by atoms with E-state index in [4.69, 9.17) is 10.8 Å². The van der Waals surface area contributed by atoms with Crippen LogP contribution in [0.15, 0.2) is 28.3 Å². The summed E-state index contributed by atoms with van der Waals surface area (Å²) in [7, 11) is 1.69. The Balaban J connectivity index is 2.37. The molecule has 17 heavy (non-hydrogen) atoms. The predicted octanol–water partition coefficient (Wildman–Crippen LogP) is 0.642. The zero-order valence-corrected chi connectivity index (χ0v) is 9.68. The van der Waals surface area contributed by atoms with Crippen LogP contribution in [0.4, 0.5) is 5.69 Å². The second-order valence-electron chi connectivity index (χ2n) is 3.21. The van der Waals surface area contributed by atoms with E-state index in [1.807, 2.05) is 0 Å². The van der Waals surface area contributed by atoms with Gasteiger partial charge < -0.3 is 10.8 Å². The van der Waals surface area contributed by atoms with E-state index in [2.05, 4.69) is 15.5 Å². The van der Waals surface area contributed by atoms with Gasteiger partial charge in [-0.05, 0) is 34.3 Å². The summed E-state index contributed by atoms with van der Waals surface area (Å²) in [5.41, 5.74) is 6.06. The van der Waals surface area contributed by atoms with Gasteiger partial charge >= 0.3 is 5.97 Å². The minimum Gasteiger partial charge on any atom is -0.478 e. The average molecular weight is 251 g/mol. The van der Waals surface area contributed by atoms with Gasteiger partial charge in [0, 0.05) is 11.9 Å². The minimum absolute atomic E-state index is 0.0742. The van der Waals surface area contributed by atoms with Crippen LogP contribution in [-0.2, 0) is 7.05 Å². The summed E-state index contributed by atoms with van der Waals surface area (Å²) >= 11 is 1.22. The Morgan fingerprint density at radius 1 is 1.53 bits per heavy atom. The third-order valence-electron chi connectivity index (χ3n) is 2.08. The zero-order valence-electron chi connectivity index (χ0n) is 8.86. The molecule has 0 radical (unpaired) electrons. The van der Waals surface area contributed by atoms with Crippen molar-refractivity contribution in [2.75, 3.05) is 5.73 Å². The number of carboxylic acid groups (broad SMARTS) is 1. The molecule has 1 aromatic heterocycles. The quantitative estimate of drug-likeness (QED) is 0.771. The van der Waals surface area contributed by atoms with E-state index in [1.54, 1.807) is 19.2 Å². The van der Waals surface area contributed by atoms with Crippen LogP contribution < -0.4 is 5.73 Å². The molecule has 2 rings (SSSR count). The average Bonchev–Trinajstić information content (AvgIpc) is 2.67. The van der Waals surface area contributed by atoms with Gasteiger partial charge in [0.1, 0.15) is 0 Å². The number of nitrogens with two attached hydrogens (primary N) is 1. The molecule has 0 saturated carbocycles. The number of carboxylic acids is 1. The highest BCUT2D eigenvalue weighted by Gasteiger charge is 2.13. The summed E-state index contributed by atoms with van der Waals surface area (Å²) < 4.78 is 1.48. The van der Waals surface area contributed by atoms with Gasteiger partial charge in [-0.15, -0.1) is 5.10 Å². The van der Waals surface area contributed by atoms with Crippen molar-refractivity contribution in [2.24, 2.45) is 7.05 Å². The fraction of sp³-hybridized carbons (Fsp3) is 0.111. The van der Waals surface area contributed by atoms with Crippen LogP contribution >= 0.6 is 11.8 Å². The highest BCUT2D eigenvalue weighted by Crippen LogP contribution is 2.31. The molecular weight excluding hydrogens is 242 g/mol. The van der Waals surface area contributed by atoms with E-state index in [0.29, 0.717) is 10.1 Å². The number of hydrogen-bond acceptors (Lipinski definition) is 6. The molecule has 8 heteroatoms. The fourth-order valence-electron chi connectivity index (χ4n) is 1.23. The summed E-state index contributed by atoms with van der Waals surface area (Å²) in [5.74, 6) is -1.05. The Kier molecular flexibility index (Phi) is 2.96. The van der Waals surface area contributed by atoms with E-state index >= 15 is 0 Å². The maximum atomic E-state index is 10.9. The molecule has 3 N–H and O–H groups in total. The van der Waals surface area contributed by atoms with Crippen molar-refractivity contribution in [2.45, 2.75) is 10.1 Å². The van der Waals surface area contributed by atoms with Crippen molar-refractivity contribution in [1.29, 1.82) is 0 Å².